The van der Waals surface area contributed by atoms with Gasteiger partial charge in [0, 0.05) is 31.9 Å². The first-order valence-electron chi connectivity index (χ1n) is 6.35. The van der Waals surface area contributed by atoms with Crippen LogP contribution in [-0.4, -0.2) is 32.6 Å². The first kappa shape index (κ1) is 15.0. The molecule has 0 unspecified atom stereocenters. The molecule has 0 spiro atoms. The van der Waals surface area contributed by atoms with Gasteiger partial charge in [0.15, 0.2) is 0 Å². The molecule has 0 aliphatic carbocycles. The van der Waals surface area contributed by atoms with Crippen LogP contribution in [0.1, 0.15) is 20.3 Å². The molecule has 0 aromatic heterocycles. The van der Waals surface area contributed by atoms with Crippen LogP contribution >= 0.6 is 0 Å². The van der Waals surface area contributed by atoms with E-state index < -0.39 is 6.09 Å². The summed E-state index contributed by atoms with van der Waals surface area (Å²) in [6.07, 6.45) is 0.434. The average molecular weight is 263 g/mol. The number of nitrogens with one attached hydrogen (secondary N) is 1. The predicted octanol–water partition coefficient (Wildman–Crippen LogP) is 3.13. The zero-order valence-corrected chi connectivity index (χ0v) is 11.9. The Morgan fingerprint density at radius 3 is 2.42 bits per heavy atom. The molecule has 1 rings (SSSR count). The second-order valence-corrected chi connectivity index (χ2v) is 3.94. The van der Waals surface area contributed by atoms with Crippen molar-refractivity contribution >= 4 is 23.3 Å². The maximum Gasteiger partial charge on any atom is 0.411 e. The number of carbonyl (C=O) groups is 1. The summed E-state index contributed by atoms with van der Waals surface area (Å²) in [5, 5.41) is 2.66. The molecule has 0 radical (unpaired) electrons. The number of anilines is 2. The van der Waals surface area contributed by atoms with E-state index in [4.69, 9.17) is 4.74 Å². The second kappa shape index (κ2) is 7.41. The lowest BCUT2D eigenvalue weighted by Crippen LogP contribution is -2.25. The number of hydrogen-bond donors (Lipinski definition) is 1. The third kappa shape index (κ3) is 4.28. The van der Waals surface area contributed by atoms with Gasteiger partial charge in [-0.15, -0.1) is 0 Å². The number of nitrogens with zero attached hydrogens (tertiary/aromatic N) is 2. The number of benzene rings is 1. The Kier molecular flexibility index (Phi) is 5.85. The van der Waals surface area contributed by atoms with Crippen LogP contribution in [0.3, 0.4) is 0 Å². The van der Waals surface area contributed by atoms with Crippen LogP contribution in [0.5, 0.6) is 0 Å². The molecule has 1 aromatic rings. The Bertz CT molecular complexity index is 441. The quantitative estimate of drug-likeness (QED) is 0.670. The fourth-order valence-electron chi connectivity index (χ4n) is 1.75. The highest BCUT2D eigenvalue weighted by Crippen LogP contribution is 2.18. The lowest BCUT2D eigenvalue weighted by molar-refractivity contribution is 0.168. The summed E-state index contributed by atoms with van der Waals surface area (Å²) in [4.78, 5) is 17.5. The van der Waals surface area contributed by atoms with Crippen molar-refractivity contribution in [2.75, 3.05) is 30.9 Å². The molecular weight excluding hydrogens is 242 g/mol. The highest BCUT2D eigenvalue weighted by Gasteiger charge is 2.07. The molecule has 0 heterocycles. The van der Waals surface area contributed by atoms with Crippen LogP contribution in [0.4, 0.5) is 16.2 Å². The van der Waals surface area contributed by atoms with Gasteiger partial charge in [0.2, 0.25) is 0 Å². The van der Waals surface area contributed by atoms with Crippen molar-refractivity contribution in [1.29, 1.82) is 0 Å². The highest BCUT2D eigenvalue weighted by molar-refractivity contribution is 5.97. The van der Waals surface area contributed by atoms with E-state index in [1.807, 2.05) is 36.2 Å². The molecule has 0 saturated carbocycles. The van der Waals surface area contributed by atoms with E-state index in [9.17, 15) is 4.79 Å². The van der Waals surface area contributed by atoms with E-state index in [0.29, 0.717) is 12.3 Å². The van der Waals surface area contributed by atoms with Crippen LogP contribution < -0.4 is 10.2 Å². The molecule has 1 N–H and O–H groups in total. The molecule has 0 aliphatic heterocycles. The summed E-state index contributed by atoms with van der Waals surface area (Å²) in [5.41, 5.74) is 1.74. The van der Waals surface area contributed by atoms with Crippen molar-refractivity contribution in [2.24, 2.45) is 4.99 Å². The third-order valence-corrected chi connectivity index (χ3v) is 2.74. The second-order valence-electron chi connectivity index (χ2n) is 3.94. The summed E-state index contributed by atoms with van der Waals surface area (Å²) < 4.78 is 4.82. The maximum atomic E-state index is 11.3. The standard InChI is InChI=1S/C14H21N3O2/c1-5-13(15-3)17(4)12-9-7-11(8-10-12)16-14(18)19-6-2/h7-10H,5-6H2,1-4H3,(H,16,18). The van der Waals surface area contributed by atoms with Gasteiger partial charge >= 0.3 is 6.09 Å². The number of amidine groups is 1. The number of aliphatic imine (C=N–C) groups is 1. The summed E-state index contributed by atoms with van der Waals surface area (Å²) in [7, 11) is 3.76. The van der Waals surface area contributed by atoms with Gasteiger partial charge in [-0.3, -0.25) is 10.3 Å². The van der Waals surface area contributed by atoms with Gasteiger partial charge < -0.3 is 9.64 Å². The van der Waals surface area contributed by atoms with Crippen molar-refractivity contribution in [2.45, 2.75) is 20.3 Å². The molecule has 0 bridgehead atoms. The van der Waals surface area contributed by atoms with Crippen LogP contribution in [0, 0.1) is 0 Å². The number of ether oxygens (including phenoxy) is 1. The normalized spacial score (nSPS) is 11.1. The molecule has 104 valence electrons. The molecular formula is C14H21N3O2. The average Bonchev–Trinajstić information content (AvgIpc) is 2.41. The first-order valence-corrected chi connectivity index (χ1v) is 6.35. The predicted molar refractivity (Wildman–Crippen MR) is 79.1 cm³/mol. The van der Waals surface area contributed by atoms with E-state index in [1.165, 1.54) is 0 Å². The number of hydrogen-bond acceptors (Lipinski definition) is 3. The molecule has 1 aromatic carbocycles. The van der Waals surface area contributed by atoms with Crippen molar-refractivity contribution in [3.63, 3.8) is 0 Å². The minimum Gasteiger partial charge on any atom is -0.450 e. The largest absolute Gasteiger partial charge is 0.450 e. The number of rotatable bonds is 4. The zero-order valence-electron chi connectivity index (χ0n) is 11.9. The van der Waals surface area contributed by atoms with Crippen molar-refractivity contribution in [3.05, 3.63) is 24.3 Å². The molecule has 5 nitrogen and oxygen atoms in total. The maximum absolute atomic E-state index is 11.3. The number of amides is 1. The van der Waals surface area contributed by atoms with Crippen LogP contribution in [0.2, 0.25) is 0 Å². The molecule has 1 amide bonds. The van der Waals surface area contributed by atoms with E-state index in [0.717, 1.165) is 17.9 Å². The minimum atomic E-state index is -0.437. The van der Waals surface area contributed by atoms with E-state index in [-0.39, 0.29) is 0 Å². The summed E-state index contributed by atoms with van der Waals surface area (Å²) in [6, 6.07) is 7.54. The zero-order chi connectivity index (χ0) is 14.3. The Hall–Kier alpha value is -2.04. The molecule has 0 aliphatic rings. The first-order chi connectivity index (χ1) is 9.12. The van der Waals surface area contributed by atoms with Crippen molar-refractivity contribution in [1.82, 2.24) is 0 Å². The van der Waals surface area contributed by atoms with Crippen molar-refractivity contribution < 1.29 is 9.53 Å². The molecule has 0 saturated heterocycles. The Labute approximate surface area is 114 Å². The smallest absolute Gasteiger partial charge is 0.411 e. The van der Waals surface area contributed by atoms with Crippen LogP contribution in [0.25, 0.3) is 0 Å². The highest BCUT2D eigenvalue weighted by atomic mass is 16.5. The monoisotopic (exact) mass is 263 g/mol. The number of carbonyl (C=O) groups excluding carboxylic acids is 1. The van der Waals surface area contributed by atoms with Gasteiger partial charge in [-0.25, -0.2) is 4.79 Å². The molecule has 0 fully saturated rings. The van der Waals surface area contributed by atoms with E-state index >= 15 is 0 Å². The Balaban J connectivity index is 2.73. The van der Waals surface area contributed by atoms with Crippen LogP contribution in [-0.2, 0) is 4.74 Å². The van der Waals surface area contributed by atoms with Crippen molar-refractivity contribution in [3.8, 4) is 0 Å². The fraction of sp³-hybridized carbons (Fsp3) is 0.429. The minimum absolute atomic E-state index is 0.361. The van der Waals surface area contributed by atoms with Crippen LogP contribution in [0.15, 0.2) is 29.3 Å². The van der Waals surface area contributed by atoms with Gasteiger partial charge in [-0.1, -0.05) is 6.92 Å². The van der Waals surface area contributed by atoms with Gasteiger partial charge in [0.25, 0.3) is 0 Å². The molecule has 5 heteroatoms. The molecule has 19 heavy (non-hydrogen) atoms. The topological polar surface area (TPSA) is 53.9 Å². The molecule has 0 atom stereocenters. The summed E-state index contributed by atoms with van der Waals surface area (Å²) in [6.45, 7) is 4.20. The SMILES string of the molecule is CCOC(=O)Nc1ccc(N(C)C(CC)=NC)cc1. The lowest BCUT2D eigenvalue weighted by Gasteiger charge is -2.20. The van der Waals surface area contributed by atoms with Gasteiger partial charge in [-0.05, 0) is 31.2 Å². The van der Waals surface area contributed by atoms with Gasteiger partial charge in [0.05, 0.1) is 6.61 Å². The third-order valence-electron chi connectivity index (χ3n) is 2.74. The fourth-order valence-corrected chi connectivity index (χ4v) is 1.75. The van der Waals surface area contributed by atoms with E-state index in [1.54, 1.807) is 14.0 Å². The van der Waals surface area contributed by atoms with E-state index in [2.05, 4.69) is 17.2 Å². The lowest BCUT2D eigenvalue weighted by atomic mass is 10.2. The summed E-state index contributed by atoms with van der Waals surface area (Å²) in [5.74, 6) is 1.01. The van der Waals surface area contributed by atoms with Gasteiger partial charge in [-0.2, -0.15) is 0 Å². The Morgan fingerprint density at radius 1 is 1.32 bits per heavy atom. The summed E-state index contributed by atoms with van der Waals surface area (Å²) >= 11 is 0. The Morgan fingerprint density at radius 2 is 1.95 bits per heavy atom. The van der Waals surface area contributed by atoms with Gasteiger partial charge in [0.1, 0.15) is 5.84 Å².